The van der Waals surface area contributed by atoms with E-state index in [1.165, 1.54) is 16.7 Å². The Morgan fingerprint density at radius 2 is 1.35 bits per heavy atom. The van der Waals surface area contributed by atoms with Gasteiger partial charge in [-0.05, 0) is 18.1 Å². The number of benzene rings is 2. The minimum absolute atomic E-state index is 1.28. The van der Waals surface area contributed by atoms with E-state index >= 15 is 0 Å². The van der Waals surface area contributed by atoms with Gasteiger partial charge in [-0.15, -0.1) is 0 Å². The summed E-state index contributed by atoms with van der Waals surface area (Å²) in [6.07, 6.45) is 0. The van der Waals surface area contributed by atoms with Crippen molar-refractivity contribution in [2.24, 2.45) is 0 Å². The van der Waals surface area contributed by atoms with Gasteiger partial charge in [0.1, 0.15) is 0 Å². The summed E-state index contributed by atoms with van der Waals surface area (Å²) >= 11 is 4.19. The highest BCUT2D eigenvalue weighted by Gasteiger charge is 1.93. The van der Waals surface area contributed by atoms with Crippen molar-refractivity contribution in [1.82, 2.24) is 0 Å². The van der Waals surface area contributed by atoms with Crippen molar-refractivity contribution in [2.75, 3.05) is 0 Å². The fourth-order valence-electron chi connectivity index (χ4n) is 1.38. The number of carboxylic acid groups (broad SMARTS) is 1. The Balaban J connectivity index is 0.000000317. The lowest BCUT2D eigenvalue weighted by atomic mass is 10.0. The molecule has 0 aliphatic rings. The molecule has 0 amide bonds. The van der Waals surface area contributed by atoms with E-state index in [9.17, 15) is 0 Å². The van der Waals surface area contributed by atoms with Crippen LogP contribution in [0.1, 0.15) is 5.56 Å². The van der Waals surface area contributed by atoms with Gasteiger partial charge in [-0.1, -0.05) is 60.2 Å². The minimum Gasteiger partial charge on any atom is -0.469 e. The molecule has 0 unspecified atom stereocenters. The van der Waals surface area contributed by atoms with E-state index in [-0.39, 0.29) is 0 Å². The fraction of sp³-hybridized carbons (Fsp3) is 0.0714. The highest BCUT2D eigenvalue weighted by atomic mass is 35.5. The van der Waals surface area contributed by atoms with Gasteiger partial charge in [-0.3, -0.25) is 0 Å². The maximum Gasteiger partial charge on any atom is 0.401 e. The standard InChI is InChI=1S/C13H12.CHClO2/c1-11-7-9-13(10-8-11)12-5-3-2-4-6-12;2-1(3)4/h2-10H,1H3;(H,3,4). The van der Waals surface area contributed by atoms with Crippen LogP contribution in [0.3, 0.4) is 0 Å². The van der Waals surface area contributed by atoms with E-state index in [0.29, 0.717) is 0 Å². The van der Waals surface area contributed by atoms with Crippen LogP contribution in [0.4, 0.5) is 4.79 Å². The van der Waals surface area contributed by atoms with E-state index in [1.54, 1.807) is 0 Å². The Morgan fingerprint density at radius 1 is 0.941 bits per heavy atom. The molecule has 0 saturated carbocycles. The molecule has 0 aromatic heterocycles. The van der Waals surface area contributed by atoms with Crippen molar-refractivity contribution in [3.8, 4) is 11.1 Å². The minimum atomic E-state index is -1.36. The monoisotopic (exact) mass is 248 g/mol. The average molecular weight is 249 g/mol. The summed E-state index contributed by atoms with van der Waals surface area (Å²) in [4.78, 5) is 8.77. The first-order chi connectivity index (χ1) is 8.09. The largest absolute Gasteiger partial charge is 0.469 e. The van der Waals surface area contributed by atoms with Gasteiger partial charge in [0, 0.05) is 11.6 Å². The highest BCUT2D eigenvalue weighted by molar-refractivity contribution is 6.60. The summed E-state index contributed by atoms with van der Waals surface area (Å²) in [5, 5.41) is 7.18. The van der Waals surface area contributed by atoms with E-state index < -0.39 is 5.43 Å². The van der Waals surface area contributed by atoms with E-state index in [1.807, 2.05) is 6.07 Å². The number of hydrogen-bond acceptors (Lipinski definition) is 1. The van der Waals surface area contributed by atoms with Crippen molar-refractivity contribution in [3.05, 3.63) is 60.2 Å². The number of rotatable bonds is 1. The van der Waals surface area contributed by atoms with E-state index in [0.717, 1.165) is 0 Å². The predicted molar refractivity (Wildman–Crippen MR) is 70.5 cm³/mol. The molecular formula is C14H13ClO2. The molecular weight excluding hydrogens is 236 g/mol. The van der Waals surface area contributed by atoms with Crippen LogP contribution < -0.4 is 0 Å². The van der Waals surface area contributed by atoms with Crippen molar-refractivity contribution in [1.29, 1.82) is 0 Å². The molecule has 88 valence electrons. The molecule has 0 bridgehead atoms. The summed E-state index contributed by atoms with van der Waals surface area (Å²) in [7, 11) is 0. The average Bonchev–Trinajstić information content (AvgIpc) is 2.30. The third kappa shape index (κ3) is 5.18. The smallest absolute Gasteiger partial charge is 0.401 e. The third-order valence-corrected chi connectivity index (χ3v) is 2.16. The first-order valence-electron chi connectivity index (χ1n) is 5.10. The van der Waals surface area contributed by atoms with Gasteiger partial charge in [0.05, 0.1) is 0 Å². The molecule has 0 atom stereocenters. The topological polar surface area (TPSA) is 37.3 Å². The quantitative estimate of drug-likeness (QED) is 0.751. The lowest BCUT2D eigenvalue weighted by Gasteiger charge is -2.00. The molecule has 2 rings (SSSR count). The highest BCUT2D eigenvalue weighted by Crippen LogP contribution is 2.18. The van der Waals surface area contributed by atoms with Gasteiger partial charge in [-0.2, -0.15) is 0 Å². The second-order valence-corrected chi connectivity index (χ2v) is 3.81. The lowest BCUT2D eigenvalue weighted by molar-refractivity contribution is 0.220. The molecule has 2 aromatic rings. The summed E-state index contributed by atoms with van der Waals surface area (Å²) in [6, 6.07) is 19.0. The van der Waals surface area contributed by atoms with Gasteiger partial charge >= 0.3 is 5.43 Å². The molecule has 0 aliphatic heterocycles. The zero-order chi connectivity index (χ0) is 12.7. The Bertz CT molecular complexity index is 459. The molecule has 0 aliphatic carbocycles. The van der Waals surface area contributed by atoms with Gasteiger partial charge in [0.25, 0.3) is 0 Å². The zero-order valence-electron chi connectivity index (χ0n) is 9.43. The Hall–Kier alpha value is -1.80. The molecule has 3 heteroatoms. The van der Waals surface area contributed by atoms with Crippen LogP contribution in [0, 0.1) is 6.92 Å². The van der Waals surface area contributed by atoms with Crippen molar-refractivity contribution in [3.63, 3.8) is 0 Å². The maximum absolute atomic E-state index is 8.77. The molecule has 0 heterocycles. The SMILES string of the molecule is Cc1ccc(-c2ccccc2)cc1.O=C(O)Cl. The summed E-state index contributed by atoms with van der Waals surface area (Å²) < 4.78 is 0. The van der Waals surface area contributed by atoms with Crippen LogP contribution in [-0.4, -0.2) is 10.5 Å². The third-order valence-electron chi connectivity index (χ3n) is 2.16. The molecule has 0 fully saturated rings. The van der Waals surface area contributed by atoms with Crippen molar-refractivity contribution in [2.45, 2.75) is 6.92 Å². The second-order valence-electron chi connectivity index (χ2n) is 3.49. The van der Waals surface area contributed by atoms with Gasteiger partial charge in [-0.25, -0.2) is 4.79 Å². The van der Waals surface area contributed by atoms with Gasteiger partial charge in [0.15, 0.2) is 0 Å². The van der Waals surface area contributed by atoms with Crippen LogP contribution in [0.5, 0.6) is 0 Å². The number of halogens is 1. The molecule has 0 saturated heterocycles. The number of hydrogen-bond donors (Lipinski definition) is 1. The molecule has 1 N–H and O–H groups in total. The van der Waals surface area contributed by atoms with Crippen molar-refractivity contribution < 1.29 is 9.90 Å². The van der Waals surface area contributed by atoms with Crippen LogP contribution in [0.2, 0.25) is 0 Å². The molecule has 17 heavy (non-hydrogen) atoms. The molecule has 0 spiro atoms. The zero-order valence-corrected chi connectivity index (χ0v) is 10.2. The Morgan fingerprint density at radius 3 is 1.82 bits per heavy atom. The van der Waals surface area contributed by atoms with Crippen LogP contribution in [-0.2, 0) is 0 Å². The van der Waals surface area contributed by atoms with Gasteiger partial charge in [0.2, 0.25) is 0 Å². The van der Waals surface area contributed by atoms with Gasteiger partial charge < -0.3 is 5.11 Å². The molecule has 2 nitrogen and oxygen atoms in total. The van der Waals surface area contributed by atoms with E-state index in [4.69, 9.17) is 9.90 Å². The summed E-state index contributed by atoms with van der Waals surface area (Å²) in [5.41, 5.74) is 2.51. The lowest BCUT2D eigenvalue weighted by Crippen LogP contribution is -1.76. The summed E-state index contributed by atoms with van der Waals surface area (Å²) in [6.45, 7) is 2.11. The second kappa shape index (κ2) is 6.71. The van der Waals surface area contributed by atoms with Crippen LogP contribution in [0.15, 0.2) is 54.6 Å². The first-order valence-corrected chi connectivity index (χ1v) is 5.48. The van der Waals surface area contributed by atoms with Crippen molar-refractivity contribution >= 4 is 17.0 Å². The number of aryl methyl sites for hydroxylation is 1. The van der Waals surface area contributed by atoms with Crippen LogP contribution in [0.25, 0.3) is 11.1 Å². The first kappa shape index (κ1) is 13.3. The normalized spacial score (nSPS) is 9.06. The summed E-state index contributed by atoms with van der Waals surface area (Å²) in [5.74, 6) is 0. The van der Waals surface area contributed by atoms with E-state index in [2.05, 4.69) is 67.1 Å². The number of carbonyl (C=O) groups is 1. The Kier molecular flexibility index (Phi) is 5.24. The fourth-order valence-corrected chi connectivity index (χ4v) is 1.38. The Labute approximate surface area is 105 Å². The maximum atomic E-state index is 8.77. The molecule has 2 aromatic carbocycles. The van der Waals surface area contributed by atoms with Crippen LogP contribution >= 0.6 is 11.6 Å². The molecule has 0 radical (unpaired) electrons. The predicted octanol–water partition coefficient (Wildman–Crippen LogP) is 4.57.